The monoisotopic (exact) mass is 467 g/mol. The number of ether oxygens (including phenoxy) is 1. The molecule has 1 amide bonds. The van der Waals surface area contributed by atoms with Crippen LogP contribution in [0.5, 0.6) is 0 Å². The van der Waals surface area contributed by atoms with E-state index in [-0.39, 0.29) is 16.6 Å². The molecule has 1 fully saturated rings. The average Bonchev–Trinajstić information content (AvgIpc) is 3.17. The Morgan fingerprint density at radius 2 is 1.73 bits per heavy atom. The third-order valence-electron chi connectivity index (χ3n) is 5.60. The van der Waals surface area contributed by atoms with E-state index in [4.69, 9.17) is 16.3 Å². The van der Waals surface area contributed by atoms with E-state index in [0.717, 1.165) is 17.1 Å². The quantitative estimate of drug-likeness (QED) is 0.535. The molecule has 0 radical (unpaired) electrons. The Hall–Kier alpha value is -3.39. The van der Waals surface area contributed by atoms with Crippen molar-refractivity contribution < 1.29 is 14.3 Å². The van der Waals surface area contributed by atoms with Gasteiger partial charge in [-0.1, -0.05) is 29.8 Å². The first kappa shape index (κ1) is 22.8. The minimum Gasteiger partial charge on any atom is -0.448 e. The van der Waals surface area contributed by atoms with Crippen LogP contribution < -0.4 is 4.90 Å². The molecule has 33 heavy (non-hydrogen) atoms. The van der Waals surface area contributed by atoms with E-state index in [9.17, 15) is 9.59 Å². The fraction of sp³-hybridized carbons (Fsp3) is 0.333. The zero-order valence-electron chi connectivity index (χ0n) is 18.9. The topological polar surface area (TPSA) is 80.6 Å². The Morgan fingerprint density at radius 1 is 1.03 bits per heavy atom. The molecule has 1 saturated heterocycles. The second-order valence-electron chi connectivity index (χ2n) is 8.03. The molecule has 172 valence electrons. The molecule has 0 spiro atoms. The zero-order valence-corrected chi connectivity index (χ0v) is 19.6. The number of halogens is 1. The molecule has 1 atom stereocenters. The van der Waals surface area contributed by atoms with Crippen LogP contribution in [0.1, 0.15) is 28.8 Å². The lowest BCUT2D eigenvalue weighted by molar-refractivity contribution is -0.140. The van der Waals surface area contributed by atoms with Crippen LogP contribution in [-0.4, -0.2) is 63.8 Å². The van der Waals surface area contributed by atoms with Crippen LogP contribution >= 0.6 is 11.6 Å². The summed E-state index contributed by atoms with van der Waals surface area (Å²) in [5, 5.41) is 4.54. The van der Waals surface area contributed by atoms with E-state index in [1.54, 1.807) is 28.6 Å². The smallest absolute Gasteiger partial charge is 0.359 e. The van der Waals surface area contributed by atoms with Crippen LogP contribution in [0.3, 0.4) is 0 Å². The van der Waals surface area contributed by atoms with Gasteiger partial charge in [-0.05, 0) is 51.1 Å². The minimum atomic E-state index is -0.948. The number of carbonyl (C=O) groups excluding carboxylic acids is 2. The maximum absolute atomic E-state index is 12.9. The van der Waals surface area contributed by atoms with E-state index >= 15 is 0 Å². The van der Waals surface area contributed by atoms with Crippen molar-refractivity contribution in [2.75, 3.05) is 31.1 Å². The molecule has 0 N–H and O–H groups in total. The first-order valence-corrected chi connectivity index (χ1v) is 11.2. The third kappa shape index (κ3) is 5.01. The molecule has 9 heteroatoms. The number of aromatic nitrogens is 3. The van der Waals surface area contributed by atoms with Crippen molar-refractivity contribution in [1.29, 1.82) is 0 Å². The lowest BCUT2D eigenvalue weighted by Gasteiger charge is -2.37. The number of hydrogen-bond acceptors (Lipinski definition) is 6. The molecule has 3 aromatic rings. The minimum absolute atomic E-state index is 0.0460. The molecule has 1 aromatic carbocycles. The number of pyridine rings is 1. The summed E-state index contributed by atoms with van der Waals surface area (Å²) < 4.78 is 7.08. The molecular formula is C24H26ClN5O3. The molecule has 4 rings (SSSR count). The van der Waals surface area contributed by atoms with E-state index in [2.05, 4.69) is 27.1 Å². The van der Waals surface area contributed by atoms with Crippen LogP contribution in [0.2, 0.25) is 5.02 Å². The van der Waals surface area contributed by atoms with Crippen LogP contribution in [0, 0.1) is 13.8 Å². The first-order chi connectivity index (χ1) is 15.8. The highest BCUT2D eigenvalue weighted by molar-refractivity contribution is 6.33. The van der Waals surface area contributed by atoms with Gasteiger partial charge in [-0.25, -0.2) is 14.5 Å². The van der Waals surface area contributed by atoms with Gasteiger partial charge in [-0.15, -0.1) is 0 Å². The zero-order chi connectivity index (χ0) is 23.5. The van der Waals surface area contributed by atoms with Gasteiger partial charge in [0.1, 0.15) is 0 Å². The summed E-state index contributed by atoms with van der Waals surface area (Å²) in [5.41, 5.74) is 2.79. The number of amides is 1. The average molecular weight is 468 g/mol. The van der Waals surface area contributed by atoms with Gasteiger partial charge in [0.05, 0.1) is 10.7 Å². The highest BCUT2D eigenvalue weighted by Gasteiger charge is 2.28. The number of carbonyl (C=O) groups is 2. The Morgan fingerprint density at radius 3 is 2.36 bits per heavy atom. The van der Waals surface area contributed by atoms with Gasteiger partial charge in [0.25, 0.3) is 5.91 Å². The second kappa shape index (κ2) is 9.62. The summed E-state index contributed by atoms with van der Waals surface area (Å²) in [5.74, 6) is -0.526. The van der Waals surface area contributed by atoms with E-state index in [1.165, 1.54) is 0 Å². The predicted molar refractivity (Wildman–Crippen MR) is 126 cm³/mol. The summed E-state index contributed by atoms with van der Waals surface area (Å²) in [7, 11) is 0. The van der Waals surface area contributed by atoms with Crippen molar-refractivity contribution >= 4 is 29.2 Å². The number of esters is 1. The highest BCUT2D eigenvalue weighted by atomic mass is 35.5. The van der Waals surface area contributed by atoms with Crippen molar-refractivity contribution in [2.24, 2.45) is 0 Å². The number of benzene rings is 1. The summed E-state index contributed by atoms with van der Waals surface area (Å²) in [6.45, 7) is 7.89. The van der Waals surface area contributed by atoms with Crippen molar-refractivity contribution in [3.8, 4) is 5.82 Å². The first-order valence-electron chi connectivity index (χ1n) is 10.8. The number of para-hydroxylation sites is 1. The van der Waals surface area contributed by atoms with Crippen molar-refractivity contribution in [3.05, 3.63) is 70.6 Å². The maximum atomic E-state index is 12.9. The third-order valence-corrected chi connectivity index (χ3v) is 5.90. The van der Waals surface area contributed by atoms with Gasteiger partial charge < -0.3 is 14.5 Å². The Bertz CT molecular complexity index is 1160. The fourth-order valence-electron chi connectivity index (χ4n) is 3.90. The Balaban J connectivity index is 1.40. The van der Waals surface area contributed by atoms with Crippen molar-refractivity contribution in [2.45, 2.75) is 26.9 Å². The summed E-state index contributed by atoms with van der Waals surface area (Å²) in [6, 6.07) is 15.2. The van der Waals surface area contributed by atoms with Gasteiger partial charge in [-0.3, -0.25) is 4.79 Å². The molecule has 0 aliphatic carbocycles. The SMILES string of the molecule is Cc1cc(C)n(-c2ccc(Cl)c(C(=O)OC(C)C(=O)N3CCN(c4ccccc4)CC3)n2)n1. The molecule has 8 nitrogen and oxygen atoms in total. The van der Waals surface area contributed by atoms with Crippen LogP contribution in [-0.2, 0) is 9.53 Å². The molecular weight excluding hydrogens is 442 g/mol. The lowest BCUT2D eigenvalue weighted by Crippen LogP contribution is -2.51. The molecule has 1 aliphatic heterocycles. The van der Waals surface area contributed by atoms with E-state index in [0.29, 0.717) is 32.0 Å². The Labute approximate surface area is 197 Å². The molecule has 0 saturated carbocycles. The number of aryl methyl sites for hydroxylation is 2. The number of piperazine rings is 1. The fourth-order valence-corrected chi connectivity index (χ4v) is 4.08. The van der Waals surface area contributed by atoms with Gasteiger partial charge in [0.15, 0.2) is 17.6 Å². The molecule has 1 unspecified atom stereocenters. The summed E-state index contributed by atoms with van der Waals surface area (Å²) >= 11 is 6.22. The molecule has 3 heterocycles. The summed E-state index contributed by atoms with van der Waals surface area (Å²) in [4.78, 5) is 34.0. The number of nitrogens with zero attached hydrogens (tertiary/aromatic N) is 5. The van der Waals surface area contributed by atoms with Crippen molar-refractivity contribution in [3.63, 3.8) is 0 Å². The van der Waals surface area contributed by atoms with Gasteiger partial charge in [0.2, 0.25) is 0 Å². The number of rotatable bonds is 5. The lowest BCUT2D eigenvalue weighted by atomic mass is 10.2. The molecule has 0 bridgehead atoms. The van der Waals surface area contributed by atoms with Gasteiger partial charge in [-0.2, -0.15) is 5.10 Å². The largest absolute Gasteiger partial charge is 0.448 e. The van der Waals surface area contributed by atoms with E-state index in [1.807, 2.05) is 38.1 Å². The van der Waals surface area contributed by atoms with Crippen LogP contribution in [0.4, 0.5) is 5.69 Å². The van der Waals surface area contributed by atoms with Gasteiger partial charge in [0, 0.05) is 37.6 Å². The molecule has 1 aliphatic rings. The second-order valence-corrected chi connectivity index (χ2v) is 8.44. The van der Waals surface area contributed by atoms with E-state index < -0.39 is 12.1 Å². The summed E-state index contributed by atoms with van der Waals surface area (Å²) in [6.07, 6.45) is -0.948. The van der Waals surface area contributed by atoms with Gasteiger partial charge >= 0.3 is 5.97 Å². The molecule has 2 aromatic heterocycles. The van der Waals surface area contributed by atoms with Crippen molar-refractivity contribution in [1.82, 2.24) is 19.7 Å². The normalized spacial score (nSPS) is 14.8. The standard InChI is InChI=1S/C24H26ClN5O3/c1-16-15-17(2)30(27-16)21-10-9-20(25)22(26-21)24(32)33-18(3)23(31)29-13-11-28(12-14-29)19-7-5-4-6-8-19/h4-10,15,18H,11-14H2,1-3H3. The number of hydrogen-bond donors (Lipinski definition) is 0. The van der Waals surface area contributed by atoms with Crippen LogP contribution in [0.15, 0.2) is 48.5 Å². The highest BCUT2D eigenvalue weighted by Crippen LogP contribution is 2.20. The number of anilines is 1. The maximum Gasteiger partial charge on any atom is 0.359 e. The Kier molecular flexibility index (Phi) is 6.65. The predicted octanol–water partition coefficient (Wildman–Crippen LogP) is 3.43. The van der Waals surface area contributed by atoms with Crippen LogP contribution in [0.25, 0.3) is 5.82 Å².